The normalized spacial score (nSPS) is 31.2. The monoisotopic (exact) mass is 335 g/mol. The number of nitrogens with zero attached hydrogens (tertiary/aromatic N) is 3. The lowest BCUT2D eigenvalue weighted by molar-refractivity contribution is -0.127. The molecule has 6 nitrogen and oxygen atoms in total. The van der Waals surface area contributed by atoms with E-state index in [0.29, 0.717) is 11.8 Å². The molecule has 0 saturated heterocycles. The summed E-state index contributed by atoms with van der Waals surface area (Å²) >= 11 is 0. The van der Waals surface area contributed by atoms with Crippen LogP contribution >= 0.6 is 24.8 Å². The highest BCUT2D eigenvalue weighted by atomic mass is 35.5. The average Bonchev–Trinajstić information content (AvgIpc) is 3.03. The maximum Gasteiger partial charge on any atom is 0.225 e. The maximum absolute atomic E-state index is 12.4. The lowest BCUT2D eigenvalue weighted by atomic mass is 9.84. The van der Waals surface area contributed by atoms with Gasteiger partial charge < -0.3 is 15.6 Å². The Morgan fingerprint density at radius 2 is 2.10 bits per heavy atom. The number of aromatic nitrogens is 3. The number of fused-ring (bicyclic) bond motifs is 2. The third kappa shape index (κ3) is 3.17. The van der Waals surface area contributed by atoms with E-state index < -0.39 is 0 Å². The van der Waals surface area contributed by atoms with Gasteiger partial charge in [0.2, 0.25) is 5.91 Å². The zero-order chi connectivity index (χ0) is 13.6. The van der Waals surface area contributed by atoms with Crippen molar-refractivity contribution >= 4 is 30.7 Å². The molecular formula is C13H23Cl2N5O. The number of rotatable bonds is 3. The summed E-state index contributed by atoms with van der Waals surface area (Å²) in [5.74, 6) is 1.85. The number of nitrogens with one attached hydrogen (secondary N) is 1. The molecule has 5 unspecified atom stereocenters. The van der Waals surface area contributed by atoms with Crippen molar-refractivity contribution in [3.63, 3.8) is 0 Å². The van der Waals surface area contributed by atoms with Gasteiger partial charge in [0.1, 0.15) is 6.33 Å². The Labute approximate surface area is 137 Å². The third-order valence-electron chi connectivity index (χ3n) is 4.78. The fourth-order valence-electron chi connectivity index (χ4n) is 3.78. The minimum Gasteiger partial charge on any atom is -0.346 e. The first-order valence-corrected chi connectivity index (χ1v) is 6.97. The number of aryl methyl sites for hydroxylation is 1. The van der Waals surface area contributed by atoms with Gasteiger partial charge >= 0.3 is 0 Å². The zero-order valence-electron chi connectivity index (χ0n) is 12.2. The molecule has 2 bridgehead atoms. The Kier molecular flexibility index (Phi) is 6.01. The van der Waals surface area contributed by atoms with E-state index in [2.05, 4.69) is 15.5 Å². The summed E-state index contributed by atoms with van der Waals surface area (Å²) in [6, 6.07) is -0.100. The second kappa shape index (κ2) is 6.94. The number of hydrogen-bond donors (Lipinski definition) is 2. The molecule has 1 amide bonds. The van der Waals surface area contributed by atoms with Gasteiger partial charge in [0.25, 0.3) is 0 Å². The van der Waals surface area contributed by atoms with Crippen LogP contribution in [0.4, 0.5) is 0 Å². The second-order valence-electron chi connectivity index (χ2n) is 5.97. The Hall–Kier alpha value is -0.850. The third-order valence-corrected chi connectivity index (χ3v) is 4.78. The van der Waals surface area contributed by atoms with Gasteiger partial charge in [-0.15, -0.1) is 35.0 Å². The molecule has 0 aliphatic heterocycles. The number of nitrogens with two attached hydrogens (primary N) is 1. The second-order valence-corrected chi connectivity index (χ2v) is 5.97. The van der Waals surface area contributed by atoms with Crippen LogP contribution in [0.3, 0.4) is 0 Å². The zero-order valence-corrected chi connectivity index (χ0v) is 13.9. The molecule has 0 aromatic carbocycles. The van der Waals surface area contributed by atoms with E-state index in [9.17, 15) is 4.79 Å². The number of amides is 1. The van der Waals surface area contributed by atoms with Gasteiger partial charge in [-0.2, -0.15) is 0 Å². The molecule has 3 rings (SSSR count). The molecule has 0 radical (unpaired) electrons. The van der Waals surface area contributed by atoms with E-state index in [0.717, 1.165) is 18.7 Å². The molecule has 1 aromatic heterocycles. The summed E-state index contributed by atoms with van der Waals surface area (Å²) in [7, 11) is 1.88. The van der Waals surface area contributed by atoms with Crippen LogP contribution in [0.25, 0.3) is 0 Å². The van der Waals surface area contributed by atoms with Gasteiger partial charge in [0.15, 0.2) is 5.82 Å². The van der Waals surface area contributed by atoms with Gasteiger partial charge in [-0.05, 0) is 38.0 Å². The van der Waals surface area contributed by atoms with Crippen LogP contribution in [0.15, 0.2) is 6.33 Å². The summed E-state index contributed by atoms with van der Waals surface area (Å²) in [6.07, 6.45) is 5.10. The molecule has 1 heterocycles. The van der Waals surface area contributed by atoms with Gasteiger partial charge in [-0.3, -0.25) is 4.79 Å². The van der Waals surface area contributed by atoms with E-state index in [4.69, 9.17) is 5.73 Å². The highest BCUT2D eigenvalue weighted by Gasteiger charge is 2.49. The lowest BCUT2D eigenvalue weighted by Crippen LogP contribution is -2.46. The van der Waals surface area contributed by atoms with Crippen LogP contribution in [0, 0.1) is 17.8 Å². The summed E-state index contributed by atoms with van der Waals surface area (Å²) in [6.45, 7) is 1.93. The fraction of sp³-hybridized carbons (Fsp3) is 0.769. The van der Waals surface area contributed by atoms with Crippen molar-refractivity contribution in [1.29, 1.82) is 0 Å². The molecular weight excluding hydrogens is 313 g/mol. The van der Waals surface area contributed by atoms with Crippen LogP contribution in [0.5, 0.6) is 0 Å². The van der Waals surface area contributed by atoms with Crippen molar-refractivity contribution in [2.75, 3.05) is 0 Å². The topological polar surface area (TPSA) is 85.8 Å². The summed E-state index contributed by atoms with van der Waals surface area (Å²) < 4.78 is 1.83. The SMILES string of the molecule is CC(NC(=O)C1C2CCC(C2)C1N)c1nncn1C.Cl.Cl. The minimum atomic E-state index is -0.133. The largest absolute Gasteiger partial charge is 0.346 e. The quantitative estimate of drug-likeness (QED) is 0.869. The number of hydrogen-bond acceptors (Lipinski definition) is 4. The van der Waals surface area contributed by atoms with Gasteiger partial charge in [-0.1, -0.05) is 0 Å². The first-order valence-electron chi connectivity index (χ1n) is 6.97. The summed E-state index contributed by atoms with van der Waals surface area (Å²) in [4.78, 5) is 12.4. The average molecular weight is 336 g/mol. The lowest BCUT2D eigenvalue weighted by Gasteiger charge is -2.28. The Morgan fingerprint density at radius 3 is 2.62 bits per heavy atom. The van der Waals surface area contributed by atoms with Gasteiger partial charge in [-0.25, -0.2) is 0 Å². The van der Waals surface area contributed by atoms with E-state index in [1.54, 1.807) is 6.33 Å². The molecule has 0 spiro atoms. The number of carbonyl (C=O) groups excluding carboxylic acids is 1. The molecule has 2 saturated carbocycles. The van der Waals surface area contributed by atoms with Crippen molar-refractivity contribution in [1.82, 2.24) is 20.1 Å². The van der Waals surface area contributed by atoms with Crippen LogP contribution in [-0.4, -0.2) is 26.7 Å². The molecule has 2 aliphatic rings. The van der Waals surface area contributed by atoms with Crippen LogP contribution < -0.4 is 11.1 Å². The molecule has 5 atom stereocenters. The Balaban J connectivity index is 0.00000110. The van der Waals surface area contributed by atoms with Crippen LogP contribution in [0.2, 0.25) is 0 Å². The molecule has 2 fully saturated rings. The molecule has 1 aromatic rings. The van der Waals surface area contributed by atoms with E-state index in [1.165, 1.54) is 6.42 Å². The predicted octanol–water partition coefficient (Wildman–Crippen LogP) is 1.21. The maximum atomic E-state index is 12.4. The number of carbonyl (C=O) groups is 1. The van der Waals surface area contributed by atoms with Crippen LogP contribution in [0.1, 0.15) is 38.1 Å². The van der Waals surface area contributed by atoms with Crippen molar-refractivity contribution in [3.8, 4) is 0 Å². The fourth-order valence-corrected chi connectivity index (χ4v) is 3.78. The summed E-state index contributed by atoms with van der Waals surface area (Å²) in [5, 5.41) is 10.9. The minimum absolute atomic E-state index is 0. The first-order chi connectivity index (χ1) is 9.08. The van der Waals surface area contributed by atoms with E-state index in [1.807, 2.05) is 18.5 Å². The van der Waals surface area contributed by atoms with Crippen LogP contribution in [-0.2, 0) is 11.8 Å². The molecule has 8 heteroatoms. The molecule has 21 heavy (non-hydrogen) atoms. The Bertz CT molecular complexity index is 493. The van der Waals surface area contributed by atoms with Crippen molar-refractivity contribution < 1.29 is 4.79 Å². The van der Waals surface area contributed by atoms with Crippen molar-refractivity contribution in [2.24, 2.45) is 30.5 Å². The van der Waals surface area contributed by atoms with Crippen molar-refractivity contribution in [3.05, 3.63) is 12.2 Å². The number of halogens is 2. The standard InChI is InChI=1S/C13H21N5O.2ClH/c1-7(12-17-15-6-18(12)2)16-13(19)10-8-3-4-9(5-8)11(10)14;;/h6-11H,3-5,14H2,1-2H3,(H,16,19);2*1H. The summed E-state index contributed by atoms with van der Waals surface area (Å²) in [5.41, 5.74) is 6.20. The Morgan fingerprint density at radius 1 is 1.43 bits per heavy atom. The van der Waals surface area contributed by atoms with E-state index >= 15 is 0 Å². The van der Waals surface area contributed by atoms with E-state index in [-0.39, 0.29) is 48.7 Å². The van der Waals surface area contributed by atoms with Crippen molar-refractivity contribution in [2.45, 2.75) is 38.3 Å². The van der Waals surface area contributed by atoms with Gasteiger partial charge in [0.05, 0.1) is 12.0 Å². The first kappa shape index (κ1) is 18.2. The predicted molar refractivity (Wildman–Crippen MR) is 84.4 cm³/mol. The van der Waals surface area contributed by atoms with Gasteiger partial charge in [0, 0.05) is 13.1 Å². The highest BCUT2D eigenvalue weighted by molar-refractivity contribution is 5.85. The smallest absolute Gasteiger partial charge is 0.225 e. The molecule has 3 N–H and O–H groups in total. The molecule has 120 valence electrons. The molecule has 2 aliphatic carbocycles. The highest BCUT2D eigenvalue weighted by Crippen LogP contribution is 2.47.